The monoisotopic (exact) mass is 273 g/mol. The number of alkyl halides is 1. The molecule has 2 rings (SSSR count). The summed E-state index contributed by atoms with van der Waals surface area (Å²) in [5, 5.41) is 10.3. The predicted octanol–water partition coefficient (Wildman–Crippen LogP) is 3.97. The summed E-state index contributed by atoms with van der Waals surface area (Å²) in [6.45, 7) is 0. The molecule has 5 heteroatoms. The summed E-state index contributed by atoms with van der Waals surface area (Å²) in [4.78, 5) is 11.7. The first kappa shape index (κ1) is 13.2. The lowest BCUT2D eigenvalue weighted by Crippen LogP contribution is -2.21. The molecule has 1 N–H and O–H groups in total. The summed E-state index contributed by atoms with van der Waals surface area (Å²) >= 11 is 5.86. The smallest absolute Gasteiger partial charge is 0.266 e. The van der Waals surface area contributed by atoms with Crippen LogP contribution in [-0.4, -0.2) is 11.4 Å². The molecule has 0 fully saturated rings. The van der Waals surface area contributed by atoms with Crippen molar-refractivity contribution in [3.05, 3.63) is 60.7 Å². The zero-order valence-electron chi connectivity index (χ0n) is 10.0. The Balaban J connectivity index is 1.95. The number of hydrogen-bond donors (Lipinski definition) is 1. The molecule has 0 aliphatic rings. The Bertz CT molecular complexity index is 557. The predicted molar refractivity (Wildman–Crippen MR) is 75.7 cm³/mol. The minimum absolute atomic E-state index is 0.410. The number of para-hydroxylation sites is 1. The SMILES string of the molecule is O=C(Nc1ccccc1)C(Cl)N=Nc1ccccc1. The van der Waals surface area contributed by atoms with Gasteiger partial charge in [-0.1, -0.05) is 48.0 Å². The van der Waals surface area contributed by atoms with E-state index in [2.05, 4.69) is 15.5 Å². The Morgan fingerprint density at radius 3 is 2.21 bits per heavy atom. The molecular formula is C14H12ClN3O. The zero-order chi connectivity index (χ0) is 13.5. The van der Waals surface area contributed by atoms with Gasteiger partial charge < -0.3 is 5.32 Å². The average Bonchev–Trinajstić information content (AvgIpc) is 2.47. The molecule has 0 aromatic heterocycles. The van der Waals surface area contributed by atoms with Crippen LogP contribution < -0.4 is 5.32 Å². The van der Waals surface area contributed by atoms with Crippen LogP contribution >= 0.6 is 11.6 Å². The Labute approximate surface area is 116 Å². The highest BCUT2D eigenvalue weighted by molar-refractivity contribution is 6.32. The number of azo groups is 1. The molecule has 2 aromatic carbocycles. The van der Waals surface area contributed by atoms with E-state index in [-0.39, 0.29) is 0 Å². The molecule has 1 atom stereocenters. The summed E-state index contributed by atoms with van der Waals surface area (Å²) in [7, 11) is 0. The second-order valence-electron chi connectivity index (χ2n) is 3.74. The van der Waals surface area contributed by atoms with E-state index in [0.717, 1.165) is 0 Å². The summed E-state index contributed by atoms with van der Waals surface area (Å²) < 4.78 is 0. The topological polar surface area (TPSA) is 53.8 Å². The Morgan fingerprint density at radius 1 is 1.00 bits per heavy atom. The lowest BCUT2D eigenvalue weighted by Gasteiger charge is -2.05. The standard InChI is InChI=1S/C14H12ClN3O/c15-13(18-17-12-9-5-2-6-10-12)14(19)16-11-7-3-1-4-8-11/h1-10,13H,(H,16,19). The Hall–Kier alpha value is -2.20. The van der Waals surface area contributed by atoms with E-state index in [4.69, 9.17) is 11.6 Å². The fourth-order valence-corrected chi connectivity index (χ4v) is 1.49. The first-order valence-electron chi connectivity index (χ1n) is 5.71. The molecular weight excluding hydrogens is 262 g/mol. The van der Waals surface area contributed by atoms with Gasteiger partial charge >= 0.3 is 0 Å². The van der Waals surface area contributed by atoms with Gasteiger partial charge in [-0.25, -0.2) is 0 Å². The van der Waals surface area contributed by atoms with Crippen molar-refractivity contribution in [3.8, 4) is 0 Å². The van der Waals surface area contributed by atoms with Gasteiger partial charge in [-0.2, -0.15) is 10.2 Å². The maximum absolute atomic E-state index is 11.7. The molecule has 2 aromatic rings. The third-order valence-corrected chi connectivity index (χ3v) is 2.57. The van der Waals surface area contributed by atoms with Crippen molar-refractivity contribution in [2.24, 2.45) is 10.2 Å². The van der Waals surface area contributed by atoms with Crippen LogP contribution in [-0.2, 0) is 4.79 Å². The van der Waals surface area contributed by atoms with E-state index in [1.54, 1.807) is 24.3 Å². The van der Waals surface area contributed by atoms with Gasteiger partial charge in [0.05, 0.1) is 5.69 Å². The summed E-state index contributed by atoms with van der Waals surface area (Å²) in [6, 6.07) is 18.2. The van der Waals surface area contributed by atoms with E-state index < -0.39 is 11.4 Å². The van der Waals surface area contributed by atoms with E-state index in [9.17, 15) is 4.79 Å². The number of anilines is 1. The van der Waals surface area contributed by atoms with Crippen molar-refractivity contribution in [1.82, 2.24) is 0 Å². The van der Waals surface area contributed by atoms with Crippen molar-refractivity contribution in [3.63, 3.8) is 0 Å². The number of nitrogens with one attached hydrogen (secondary N) is 1. The number of halogens is 1. The van der Waals surface area contributed by atoms with Crippen molar-refractivity contribution in [1.29, 1.82) is 0 Å². The van der Waals surface area contributed by atoms with Crippen LogP contribution in [0.2, 0.25) is 0 Å². The molecule has 0 heterocycles. The number of carbonyl (C=O) groups is 1. The highest BCUT2D eigenvalue weighted by Gasteiger charge is 2.13. The molecule has 0 spiro atoms. The molecule has 0 aliphatic carbocycles. The van der Waals surface area contributed by atoms with Crippen molar-refractivity contribution >= 4 is 28.9 Å². The third-order valence-electron chi connectivity index (χ3n) is 2.29. The van der Waals surface area contributed by atoms with Crippen LogP contribution in [0.5, 0.6) is 0 Å². The van der Waals surface area contributed by atoms with Gasteiger partial charge in [-0.3, -0.25) is 4.79 Å². The summed E-state index contributed by atoms with van der Waals surface area (Å²) in [5.41, 5.74) is 0.272. The van der Waals surface area contributed by atoms with Crippen molar-refractivity contribution in [2.75, 3.05) is 5.32 Å². The van der Waals surface area contributed by atoms with E-state index >= 15 is 0 Å². The molecule has 0 saturated carbocycles. The Kier molecular flexibility index (Phi) is 4.64. The third kappa shape index (κ3) is 4.19. The lowest BCUT2D eigenvalue weighted by molar-refractivity contribution is -0.115. The van der Waals surface area contributed by atoms with Crippen LogP contribution in [0.3, 0.4) is 0 Å². The van der Waals surface area contributed by atoms with Crippen LogP contribution in [0.25, 0.3) is 0 Å². The maximum atomic E-state index is 11.7. The highest BCUT2D eigenvalue weighted by Crippen LogP contribution is 2.14. The number of rotatable bonds is 4. The fraction of sp³-hybridized carbons (Fsp3) is 0.0714. The average molecular weight is 274 g/mol. The van der Waals surface area contributed by atoms with Crippen LogP contribution in [0.4, 0.5) is 11.4 Å². The van der Waals surface area contributed by atoms with Gasteiger partial charge in [0, 0.05) is 5.69 Å². The van der Waals surface area contributed by atoms with Gasteiger partial charge in [0.25, 0.3) is 5.91 Å². The summed E-state index contributed by atoms with van der Waals surface area (Å²) in [6.07, 6.45) is 0. The normalized spacial score (nSPS) is 12.3. The molecule has 4 nitrogen and oxygen atoms in total. The molecule has 96 valence electrons. The molecule has 0 saturated heterocycles. The fourth-order valence-electron chi connectivity index (χ4n) is 1.39. The molecule has 1 unspecified atom stereocenters. The van der Waals surface area contributed by atoms with E-state index in [0.29, 0.717) is 11.4 Å². The molecule has 0 bridgehead atoms. The number of amides is 1. The second-order valence-corrected chi connectivity index (χ2v) is 4.16. The first-order valence-corrected chi connectivity index (χ1v) is 6.15. The van der Waals surface area contributed by atoms with Crippen LogP contribution in [0.1, 0.15) is 0 Å². The zero-order valence-corrected chi connectivity index (χ0v) is 10.8. The second kappa shape index (κ2) is 6.66. The lowest BCUT2D eigenvalue weighted by atomic mass is 10.3. The number of benzene rings is 2. The minimum atomic E-state index is -1.06. The van der Waals surface area contributed by atoms with Crippen LogP contribution in [0, 0.1) is 0 Å². The summed E-state index contributed by atoms with van der Waals surface area (Å²) in [5.74, 6) is -0.410. The van der Waals surface area contributed by atoms with Crippen molar-refractivity contribution < 1.29 is 4.79 Å². The maximum Gasteiger partial charge on any atom is 0.266 e. The number of nitrogens with zero attached hydrogens (tertiary/aromatic N) is 2. The van der Waals surface area contributed by atoms with E-state index in [1.165, 1.54) is 0 Å². The van der Waals surface area contributed by atoms with Gasteiger partial charge in [-0.05, 0) is 24.3 Å². The number of carbonyl (C=O) groups excluding carboxylic acids is 1. The quantitative estimate of drug-likeness (QED) is 0.511. The van der Waals surface area contributed by atoms with E-state index in [1.807, 2.05) is 36.4 Å². The number of hydrogen-bond acceptors (Lipinski definition) is 3. The Morgan fingerprint density at radius 2 is 1.58 bits per heavy atom. The molecule has 0 aliphatic heterocycles. The van der Waals surface area contributed by atoms with Gasteiger partial charge in [0.1, 0.15) is 0 Å². The highest BCUT2D eigenvalue weighted by atomic mass is 35.5. The van der Waals surface area contributed by atoms with Gasteiger partial charge in [0.15, 0.2) is 0 Å². The van der Waals surface area contributed by atoms with Gasteiger partial charge in [-0.15, -0.1) is 0 Å². The molecule has 19 heavy (non-hydrogen) atoms. The molecule has 0 radical (unpaired) electrons. The minimum Gasteiger partial charge on any atom is -0.323 e. The largest absolute Gasteiger partial charge is 0.323 e. The first-order chi connectivity index (χ1) is 9.25. The van der Waals surface area contributed by atoms with Gasteiger partial charge in [0.2, 0.25) is 5.50 Å². The van der Waals surface area contributed by atoms with Crippen LogP contribution in [0.15, 0.2) is 70.9 Å². The van der Waals surface area contributed by atoms with Crippen molar-refractivity contribution in [2.45, 2.75) is 5.50 Å². The molecule has 1 amide bonds.